The molecule has 0 spiro atoms. The molecule has 1 fully saturated rings. The van der Waals surface area contributed by atoms with Crippen molar-refractivity contribution in [2.45, 2.75) is 56.4 Å². The number of amides is 3. The Hall–Kier alpha value is -4.33. The molecule has 14 heteroatoms. The minimum absolute atomic E-state index is 0.00468. The van der Waals surface area contributed by atoms with E-state index in [0.717, 1.165) is 28.3 Å². The van der Waals surface area contributed by atoms with Gasteiger partial charge in [0.05, 0.1) is 12.2 Å². The number of alkyl halides is 6. The summed E-state index contributed by atoms with van der Waals surface area (Å²) in [4.78, 5) is 31.3. The Labute approximate surface area is 234 Å². The van der Waals surface area contributed by atoms with Crippen molar-refractivity contribution in [1.29, 1.82) is 0 Å². The second-order valence-corrected chi connectivity index (χ2v) is 10.2. The molecular weight excluding hydrogens is 572 g/mol. The van der Waals surface area contributed by atoms with Crippen LogP contribution in [0.15, 0.2) is 60.8 Å². The molecule has 2 aromatic carbocycles. The van der Waals surface area contributed by atoms with E-state index in [1.165, 1.54) is 18.3 Å². The van der Waals surface area contributed by atoms with Crippen molar-refractivity contribution in [2.75, 3.05) is 0 Å². The zero-order valence-electron chi connectivity index (χ0n) is 22.0. The van der Waals surface area contributed by atoms with E-state index in [2.05, 4.69) is 10.3 Å². The summed E-state index contributed by atoms with van der Waals surface area (Å²) in [7, 11) is 0. The van der Waals surface area contributed by atoms with Gasteiger partial charge in [-0.1, -0.05) is 18.2 Å². The van der Waals surface area contributed by atoms with Gasteiger partial charge in [-0.3, -0.25) is 14.7 Å². The number of ether oxygens (including phenoxy) is 2. The highest BCUT2D eigenvalue weighted by atomic mass is 19.4. The number of carbonyl (C=O) groups is 2. The van der Waals surface area contributed by atoms with Gasteiger partial charge in [0.2, 0.25) is 0 Å². The molecule has 1 saturated heterocycles. The molecule has 3 aromatic rings. The van der Waals surface area contributed by atoms with Gasteiger partial charge in [-0.25, -0.2) is 4.79 Å². The topological polar surface area (TPSA) is 101 Å². The monoisotopic (exact) mass is 595 g/mol. The SMILES string of the molecule is CC1Cc2cc(C3(C)NC(=O)N(Cc4cc(Oc5ccc(C(O)(C(F)(F)F)C(F)(F)F)cc5)ccn4)C3=O)ccc2O1. The van der Waals surface area contributed by atoms with E-state index in [4.69, 9.17) is 9.47 Å². The molecule has 2 aliphatic heterocycles. The molecule has 2 atom stereocenters. The maximum absolute atomic E-state index is 13.4. The van der Waals surface area contributed by atoms with Crippen LogP contribution in [-0.2, 0) is 28.9 Å². The summed E-state index contributed by atoms with van der Waals surface area (Å²) in [6.45, 7) is 3.27. The van der Waals surface area contributed by atoms with Crippen LogP contribution >= 0.6 is 0 Å². The van der Waals surface area contributed by atoms with E-state index >= 15 is 0 Å². The van der Waals surface area contributed by atoms with Gasteiger partial charge in [-0.2, -0.15) is 26.3 Å². The molecule has 0 bridgehead atoms. The van der Waals surface area contributed by atoms with Crippen LogP contribution in [0.4, 0.5) is 31.1 Å². The van der Waals surface area contributed by atoms with Crippen molar-refractivity contribution in [3.63, 3.8) is 0 Å². The van der Waals surface area contributed by atoms with E-state index in [0.29, 0.717) is 24.1 Å². The molecule has 2 N–H and O–H groups in total. The van der Waals surface area contributed by atoms with E-state index in [-0.39, 0.29) is 29.8 Å². The highest BCUT2D eigenvalue weighted by Gasteiger charge is 2.71. The smallest absolute Gasteiger partial charge is 0.430 e. The normalized spacial score (nSPS) is 20.8. The van der Waals surface area contributed by atoms with Crippen LogP contribution in [0.3, 0.4) is 0 Å². The first kappa shape index (κ1) is 29.2. The number of imide groups is 1. The van der Waals surface area contributed by atoms with Gasteiger partial charge in [-0.05, 0) is 55.3 Å². The van der Waals surface area contributed by atoms with Gasteiger partial charge in [0.25, 0.3) is 11.5 Å². The summed E-state index contributed by atoms with van der Waals surface area (Å²) in [6, 6.07) is 9.94. The lowest BCUT2D eigenvalue weighted by Crippen LogP contribution is -2.53. The molecule has 1 aromatic heterocycles. The number of aliphatic hydroxyl groups is 1. The van der Waals surface area contributed by atoms with Gasteiger partial charge >= 0.3 is 18.4 Å². The molecule has 5 rings (SSSR count). The molecule has 0 radical (unpaired) electrons. The largest absolute Gasteiger partial charge is 0.490 e. The molecular formula is C28H23F6N3O5. The van der Waals surface area contributed by atoms with Crippen molar-refractivity contribution < 1.29 is 50.5 Å². The summed E-state index contributed by atoms with van der Waals surface area (Å²) in [5.74, 6) is 0.137. The molecule has 3 amide bonds. The van der Waals surface area contributed by atoms with Crippen LogP contribution in [0.2, 0.25) is 0 Å². The molecule has 0 aliphatic carbocycles. The standard InChI is InChI=1S/C28H23F6N3O5/c1-15-11-16-12-18(5-8-22(16)41-15)25(2)23(38)37(24(39)36-25)14-19-13-21(9-10-35-19)42-20-6-3-17(4-7-20)26(40,27(29,30)31)28(32,33)34/h3-10,12-13,15,40H,11,14H2,1-2H3,(H,36,39). The number of pyridine rings is 1. The lowest BCUT2D eigenvalue weighted by Gasteiger charge is -2.32. The highest BCUT2D eigenvalue weighted by Crippen LogP contribution is 2.50. The van der Waals surface area contributed by atoms with Crippen LogP contribution < -0.4 is 14.8 Å². The van der Waals surface area contributed by atoms with Crippen LogP contribution in [0.1, 0.15) is 36.2 Å². The third-order valence-electron chi connectivity index (χ3n) is 7.18. The van der Waals surface area contributed by atoms with Crippen molar-refractivity contribution in [1.82, 2.24) is 15.2 Å². The number of halogens is 6. The van der Waals surface area contributed by atoms with E-state index in [1.807, 2.05) is 13.0 Å². The number of nitrogens with zero attached hydrogens (tertiary/aromatic N) is 2. The maximum atomic E-state index is 13.4. The van der Waals surface area contributed by atoms with Crippen molar-refractivity contribution in [2.24, 2.45) is 0 Å². The van der Waals surface area contributed by atoms with E-state index in [9.17, 15) is 41.0 Å². The Bertz CT molecular complexity index is 1530. The fourth-order valence-corrected chi connectivity index (χ4v) is 4.93. The van der Waals surface area contributed by atoms with Gasteiger partial charge in [0, 0.05) is 24.2 Å². The first-order valence-corrected chi connectivity index (χ1v) is 12.6. The Balaban J connectivity index is 1.31. The Morgan fingerprint density at radius 1 is 1.02 bits per heavy atom. The van der Waals surface area contributed by atoms with Crippen LogP contribution in [0, 0.1) is 0 Å². The number of fused-ring (bicyclic) bond motifs is 1. The summed E-state index contributed by atoms with van der Waals surface area (Å²) < 4.78 is 90.1. The minimum atomic E-state index is -6.02. The summed E-state index contributed by atoms with van der Waals surface area (Å²) in [5, 5.41) is 12.3. The zero-order valence-corrected chi connectivity index (χ0v) is 22.0. The zero-order chi connectivity index (χ0) is 30.7. The van der Waals surface area contributed by atoms with E-state index < -0.39 is 41.0 Å². The number of hydrogen-bond donors (Lipinski definition) is 2. The number of benzene rings is 2. The lowest BCUT2D eigenvalue weighted by molar-refractivity contribution is -0.376. The fourth-order valence-electron chi connectivity index (χ4n) is 4.93. The Morgan fingerprint density at radius 2 is 1.69 bits per heavy atom. The fraction of sp³-hybridized carbons (Fsp3) is 0.321. The van der Waals surface area contributed by atoms with Crippen LogP contribution in [0.25, 0.3) is 0 Å². The predicted molar refractivity (Wildman–Crippen MR) is 133 cm³/mol. The molecule has 8 nitrogen and oxygen atoms in total. The lowest BCUT2D eigenvalue weighted by atomic mass is 9.90. The second-order valence-electron chi connectivity index (χ2n) is 10.2. The molecule has 42 heavy (non-hydrogen) atoms. The first-order chi connectivity index (χ1) is 19.5. The Morgan fingerprint density at radius 3 is 2.33 bits per heavy atom. The highest BCUT2D eigenvalue weighted by molar-refractivity contribution is 6.07. The first-order valence-electron chi connectivity index (χ1n) is 12.6. The van der Waals surface area contributed by atoms with E-state index in [1.54, 1.807) is 19.1 Å². The molecule has 0 saturated carbocycles. The number of rotatable bonds is 6. The van der Waals surface area contributed by atoms with Crippen LogP contribution in [-0.4, -0.2) is 45.4 Å². The summed E-state index contributed by atoms with van der Waals surface area (Å²) in [5.41, 5.74) is -6.12. The van der Waals surface area contributed by atoms with Gasteiger partial charge < -0.3 is 19.9 Å². The quantitative estimate of drug-likeness (QED) is 0.289. The average molecular weight is 595 g/mol. The van der Waals surface area contributed by atoms with Crippen molar-refractivity contribution in [3.8, 4) is 17.2 Å². The van der Waals surface area contributed by atoms with Crippen molar-refractivity contribution in [3.05, 3.63) is 83.2 Å². The summed E-state index contributed by atoms with van der Waals surface area (Å²) in [6.07, 6.45) is -10.1. The molecule has 3 heterocycles. The maximum Gasteiger partial charge on any atom is 0.430 e. The third kappa shape index (κ3) is 4.89. The predicted octanol–water partition coefficient (Wildman–Crippen LogP) is 5.48. The average Bonchev–Trinajstić information content (AvgIpc) is 3.38. The third-order valence-corrected chi connectivity index (χ3v) is 7.18. The van der Waals surface area contributed by atoms with Gasteiger partial charge in [-0.15, -0.1) is 0 Å². The second kappa shape index (κ2) is 9.89. The number of urea groups is 1. The van der Waals surface area contributed by atoms with Crippen LogP contribution in [0.5, 0.6) is 17.2 Å². The molecule has 222 valence electrons. The number of aromatic nitrogens is 1. The van der Waals surface area contributed by atoms with Gasteiger partial charge in [0.1, 0.15) is 28.9 Å². The molecule has 2 aliphatic rings. The van der Waals surface area contributed by atoms with Crippen molar-refractivity contribution >= 4 is 11.9 Å². The number of nitrogens with one attached hydrogen (secondary N) is 1. The Kier molecular flexibility index (Phi) is 6.87. The molecule has 2 unspecified atom stereocenters. The number of carbonyl (C=O) groups excluding carboxylic acids is 2. The van der Waals surface area contributed by atoms with Gasteiger partial charge in [0.15, 0.2) is 0 Å². The minimum Gasteiger partial charge on any atom is -0.490 e. The summed E-state index contributed by atoms with van der Waals surface area (Å²) >= 11 is 0. The number of hydrogen-bond acceptors (Lipinski definition) is 6.